The summed E-state index contributed by atoms with van der Waals surface area (Å²) in [6, 6.07) is 33.1. The minimum Gasteiger partial charge on any atom is -0.396 e. The summed E-state index contributed by atoms with van der Waals surface area (Å²) in [6.07, 6.45) is 4.31. The minimum absolute atomic E-state index is 0.298. The van der Waals surface area contributed by atoms with Crippen LogP contribution in [0.5, 0.6) is 0 Å². The van der Waals surface area contributed by atoms with Gasteiger partial charge in [0.25, 0.3) is 0 Å². The minimum atomic E-state index is -2.31. The monoisotopic (exact) mass is 389 g/mol. The summed E-state index contributed by atoms with van der Waals surface area (Å²) in [6.45, 7) is 1.35. The van der Waals surface area contributed by atoms with Gasteiger partial charge in [0.05, 0.1) is 0 Å². The van der Waals surface area contributed by atoms with Gasteiger partial charge in [-0.15, -0.1) is 0 Å². The van der Waals surface area contributed by atoms with Gasteiger partial charge in [0, 0.05) is 6.61 Å². The van der Waals surface area contributed by atoms with Crippen LogP contribution < -0.4 is 15.6 Å². The number of aliphatic hydroxyl groups is 1. The van der Waals surface area contributed by atoms with Crippen LogP contribution >= 0.6 is 0 Å². The number of benzene rings is 3. The molecule has 0 aliphatic heterocycles. The van der Waals surface area contributed by atoms with Crippen LogP contribution in [-0.4, -0.2) is 38.1 Å². The van der Waals surface area contributed by atoms with E-state index >= 15 is 0 Å². The highest BCUT2D eigenvalue weighted by molar-refractivity contribution is 7.09. The highest BCUT2D eigenvalue weighted by atomic mass is 28.3. The van der Waals surface area contributed by atoms with Crippen LogP contribution in [0.4, 0.5) is 0 Å². The second-order valence-electron chi connectivity index (χ2n) is 7.37. The van der Waals surface area contributed by atoms with Crippen LogP contribution in [0, 0.1) is 0 Å². The molecule has 0 radical (unpaired) electrons. The third-order valence-corrected chi connectivity index (χ3v) is 10.4. The Morgan fingerprint density at radius 3 is 1.39 bits per heavy atom. The Morgan fingerprint density at radius 1 is 0.607 bits per heavy atom. The van der Waals surface area contributed by atoms with Gasteiger partial charge in [-0.1, -0.05) is 104 Å². The molecule has 0 aromatic heterocycles. The van der Waals surface area contributed by atoms with Crippen molar-refractivity contribution in [1.29, 1.82) is 0 Å². The van der Waals surface area contributed by atoms with Crippen molar-refractivity contribution in [2.75, 3.05) is 20.2 Å². The van der Waals surface area contributed by atoms with Gasteiger partial charge in [-0.3, -0.25) is 0 Å². The summed E-state index contributed by atoms with van der Waals surface area (Å²) in [5.74, 6) is 0. The van der Waals surface area contributed by atoms with E-state index in [1.807, 2.05) is 0 Å². The fourth-order valence-electron chi connectivity index (χ4n) is 4.18. The van der Waals surface area contributed by atoms with Gasteiger partial charge in [-0.05, 0) is 42.0 Å². The van der Waals surface area contributed by atoms with Crippen molar-refractivity contribution in [3.05, 3.63) is 91.0 Å². The van der Waals surface area contributed by atoms with E-state index in [4.69, 9.17) is 5.11 Å². The Hall–Kier alpha value is -2.20. The van der Waals surface area contributed by atoms with Crippen LogP contribution in [0.2, 0.25) is 0 Å². The highest BCUT2D eigenvalue weighted by Crippen LogP contribution is 2.13. The molecule has 2 nitrogen and oxygen atoms in total. The zero-order valence-electron chi connectivity index (χ0n) is 16.8. The fraction of sp³-hybridized carbons (Fsp3) is 0.280. The maximum Gasteiger partial charge on any atom is 0.224 e. The molecule has 28 heavy (non-hydrogen) atoms. The summed E-state index contributed by atoms with van der Waals surface area (Å²) in [7, 11) is -0.0149. The van der Waals surface area contributed by atoms with Crippen molar-refractivity contribution in [3.63, 3.8) is 0 Å². The Labute approximate surface area is 170 Å². The standard InChI is InChI=1S/C25H31NOSi/c1-26(21-13-2-3-14-22-27)28(23-15-7-4-8-16-23,24-17-9-5-10-18-24)25-19-11-6-12-20-25/h4-12,15-20,27H,2-3,13-14,21-22H2,1H3. The molecule has 3 heteroatoms. The normalized spacial score (nSPS) is 11.7. The summed E-state index contributed by atoms with van der Waals surface area (Å²) in [4.78, 5) is 0. The predicted octanol–water partition coefficient (Wildman–Crippen LogP) is 3.14. The first-order valence-electron chi connectivity index (χ1n) is 10.3. The predicted molar refractivity (Wildman–Crippen MR) is 122 cm³/mol. The van der Waals surface area contributed by atoms with Crippen LogP contribution in [-0.2, 0) is 0 Å². The van der Waals surface area contributed by atoms with Gasteiger partial charge in [0.2, 0.25) is 8.24 Å². The first kappa shape index (κ1) is 20.5. The Bertz CT molecular complexity index is 711. The van der Waals surface area contributed by atoms with Gasteiger partial charge >= 0.3 is 0 Å². The summed E-state index contributed by atoms with van der Waals surface area (Å²) in [5.41, 5.74) is 0. The third-order valence-electron chi connectivity index (χ3n) is 5.55. The number of nitrogens with zero attached hydrogens (tertiary/aromatic N) is 1. The zero-order chi connectivity index (χ0) is 19.7. The average molecular weight is 390 g/mol. The smallest absolute Gasteiger partial charge is 0.224 e. The molecule has 0 heterocycles. The molecular formula is C25H31NOSi. The molecule has 0 fully saturated rings. The molecule has 3 rings (SSSR count). The first-order chi connectivity index (χ1) is 13.8. The Balaban J connectivity index is 2.06. The molecule has 0 unspecified atom stereocenters. The van der Waals surface area contributed by atoms with E-state index in [-0.39, 0.29) is 0 Å². The molecule has 0 bridgehead atoms. The lowest BCUT2D eigenvalue weighted by Crippen LogP contribution is -2.76. The molecule has 0 atom stereocenters. The molecular weight excluding hydrogens is 358 g/mol. The molecule has 0 saturated heterocycles. The molecule has 0 saturated carbocycles. The van der Waals surface area contributed by atoms with E-state index in [0.29, 0.717) is 6.61 Å². The number of hydrogen-bond acceptors (Lipinski definition) is 2. The van der Waals surface area contributed by atoms with Gasteiger partial charge in [0.1, 0.15) is 0 Å². The van der Waals surface area contributed by atoms with Crippen molar-refractivity contribution < 1.29 is 5.11 Å². The van der Waals surface area contributed by atoms with E-state index in [1.165, 1.54) is 15.6 Å². The molecule has 0 spiro atoms. The highest BCUT2D eigenvalue weighted by Gasteiger charge is 2.43. The molecule has 3 aromatic rings. The zero-order valence-corrected chi connectivity index (χ0v) is 17.8. The number of unbranched alkanes of at least 4 members (excludes halogenated alkanes) is 3. The third kappa shape index (κ3) is 4.44. The summed E-state index contributed by atoms with van der Waals surface area (Å²) >= 11 is 0. The van der Waals surface area contributed by atoms with E-state index in [1.54, 1.807) is 0 Å². The van der Waals surface area contributed by atoms with E-state index in [9.17, 15) is 0 Å². The Kier molecular flexibility index (Phi) is 7.60. The van der Waals surface area contributed by atoms with E-state index in [2.05, 4.69) is 103 Å². The second-order valence-corrected chi connectivity index (χ2v) is 11.3. The lowest BCUT2D eigenvalue weighted by Gasteiger charge is -2.41. The number of hydrogen-bond donors (Lipinski definition) is 1. The topological polar surface area (TPSA) is 23.5 Å². The maximum absolute atomic E-state index is 9.05. The van der Waals surface area contributed by atoms with Gasteiger partial charge in [0.15, 0.2) is 0 Å². The molecule has 146 valence electrons. The van der Waals surface area contributed by atoms with E-state index < -0.39 is 8.24 Å². The molecule has 0 aliphatic rings. The van der Waals surface area contributed by atoms with Crippen molar-refractivity contribution in [3.8, 4) is 0 Å². The molecule has 3 aromatic carbocycles. The number of rotatable bonds is 10. The second kappa shape index (κ2) is 10.4. The van der Waals surface area contributed by atoms with Crippen molar-refractivity contribution in [1.82, 2.24) is 4.57 Å². The van der Waals surface area contributed by atoms with Gasteiger partial charge in [-0.25, -0.2) is 0 Å². The SMILES string of the molecule is CN(CCCCCCO)[Si](c1ccccc1)(c1ccccc1)c1ccccc1. The van der Waals surface area contributed by atoms with Crippen LogP contribution in [0.15, 0.2) is 91.0 Å². The maximum atomic E-state index is 9.05. The van der Waals surface area contributed by atoms with Crippen molar-refractivity contribution in [2.45, 2.75) is 25.7 Å². The van der Waals surface area contributed by atoms with Crippen molar-refractivity contribution in [2.24, 2.45) is 0 Å². The largest absolute Gasteiger partial charge is 0.396 e. The first-order valence-corrected chi connectivity index (χ1v) is 12.2. The molecule has 1 N–H and O–H groups in total. The van der Waals surface area contributed by atoms with Gasteiger partial charge < -0.3 is 9.67 Å². The summed E-state index contributed by atoms with van der Waals surface area (Å²) in [5, 5.41) is 13.3. The lowest BCUT2D eigenvalue weighted by molar-refractivity contribution is 0.282. The van der Waals surface area contributed by atoms with Crippen LogP contribution in [0.1, 0.15) is 25.7 Å². The van der Waals surface area contributed by atoms with Gasteiger partial charge in [-0.2, -0.15) is 0 Å². The fourth-order valence-corrected chi connectivity index (χ4v) is 9.02. The average Bonchev–Trinajstić information content (AvgIpc) is 2.76. The number of aliphatic hydroxyl groups excluding tert-OH is 1. The van der Waals surface area contributed by atoms with Crippen LogP contribution in [0.3, 0.4) is 0 Å². The van der Waals surface area contributed by atoms with Crippen molar-refractivity contribution >= 4 is 23.8 Å². The quantitative estimate of drug-likeness (QED) is 0.327. The van der Waals surface area contributed by atoms with Crippen LogP contribution in [0.25, 0.3) is 0 Å². The Morgan fingerprint density at radius 2 is 1.00 bits per heavy atom. The molecule has 0 aliphatic carbocycles. The summed E-state index contributed by atoms with van der Waals surface area (Å²) < 4.78 is 2.63. The lowest BCUT2D eigenvalue weighted by atomic mass is 10.2. The van der Waals surface area contributed by atoms with E-state index in [0.717, 1.165) is 32.2 Å². The molecule has 0 amide bonds.